The molecule has 0 atom stereocenters. The van der Waals surface area contributed by atoms with Crippen molar-refractivity contribution >= 4 is 21.2 Å². The van der Waals surface area contributed by atoms with Crippen LogP contribution in [0.1, 0.15) is 11.1 Å². The summed E-state index contributed by atoms with van der Waals surface area (Å²) in [6.45, 7) is 0. The van der Waals surface area contributed by atoms with Gasteiger partial charge in [0.05, 0.1) is 27.2 Å². The van der Waals surface area contributed by atoms with Crippen LogP contribution >= 0.6 is 0 Å². The van der Waals surface area contributed by atoms with Crippen molar-refractivity contribution < 1.29 is 31.4 Å². The van der Waals surface area contributed by atoms with Gasteiger partial charge in [-0.15, -0.1) is 0 Å². The molecule has 0 amide bonds. The minimum Gasteiger partial charge on any atom is -0.258 e. The normalized spacial score (nSPS) is 11.7. The topological polar surface area (TPSA) is 144 Å². The van der Waals surface area contributed by atoms with Crippen LogP contribution in [0.4, 0.5) is 24.5 Å². The van der Waals surface area contributed by atoms with Crippen LogP contribution in [-0.4, -0.2) is 23.8 Å². The predicted octanol–water partition coefficient (Wildman–Crippen LogP) is 1.81. The van der Waals surface area contributed by atoms with Gasteiger partial charge in [0.25, 0.3) is 21.2 Å². The Morgan fingerprint density at radius 3 is 1.82 bits per heavy atom. The van der Waals surface area contributed by atoms with Crippen molar-refractivity contribution in [1.82, 2.24) is 0 Å². The minimum absolute atomic E-state index is 0.466. The summed E-state index contributed by atoms with van der Waals surface area (Å²) in [6.07, 6.45) is 0. The number of nitrogens with zero attached hydrogens (tertiary/aromatic N) is 3. The van der Waals surface area contributed by atoms with Crippen LogP contribution in [0.25, 0.3) is 0 Å². The van der Waals surface area contributed by atoms with E-state index < -0.39 is 53.4 Å². The third-order valence-electron chi connectivity index (χ3n) is 2.41. The van der Waals surface area contributed by atoms with Gasteiger partial charge in [0.15, 0.2) is 0 Å². The number of hydrogen-bond acceptors (Lipinski definition) is 7. The number of hydrogen-bond donors (Lipinski definition) is 0. The van der Waals surface area contributed by atoms with Crippen molar-refractivity contribution in [3.8, 4) is 6.07 Å². The van der Waals surface area contributed by atoms with E-state index in [1.807, 2.05) is 0 Å². The lowest BCUT2D eigenvalue weighted by atomic mass is 10.1. The van der Waals surface area contributed by atoms with Crippen molar-refractivity contribution in [3.63, 3.8) is 0 Å². The number of alkyl halides is 3. The first kappa shape index (κ1) is 17.3. The Morgan fingerprint density at radius 2 is 1.55 bits per heavy atom. The van der Waals surface area contributed by atoms with Crippen LogP contribution in [0.15, 0.2) is 12.1 Å². The first-order valence-electron chi connectivity index (χ1n) is 5.05. The second-order valence-corrected chi connectivity index (χ2v) is 5.80. The van der Waals surface area contributed by atoms with Crippen molar-refractivity contribution in [1.29, 1.82) is 5.26 Å². The molecule has 1 rings (SSSR count). The lowest BCUT2D eigenvalue weighted by molar-refractivity contribution is -0.395. The molecule has 0 radical (unpaired) electrons. The molecule has 0 heterocycles. The highest BCUT2D eigenvalue weighted by atomic mass is 32.2. The van der Waals surface area contributed by atoms with Crippen LogP contribution in [0, 0.1) is 31.6 Å². The molecule has 9 nitrogen and oxygen atoms in total. The Hall–Kier alpha value is -2.75. The number of nitro groups is 2. The van der Waals surface area contributed by atoms with E-state index in [0.717, 1.165) is 0 Å². The SMILES string of the molecule is N#Cc1cc([N+](=O)[O-])c(CS(=O)(=O)C(F)(F)F)c([N+](=O)[O-])c1. The Balaban J connectivity index is 3.69. The third-order valence-corrected chi connectivity index (χ3v) is 3.79. The Morgan fingerprint density at radius 1 is 1.14 bits per heavy atom. The molecule has 0 aromatic heterocycles. The predicted molar refractivity (Wildman–Crippen MR) is 63.1 cm³/mol. The van der Waals surface area contributed by atoms with E-state index in [4.69, 9.17) is 5.26 Å². The van der Waals surface area contributed by atoms with Gasteiger partial charge in [0.1, 0.15) is 5.56 Å². The van der Waals surface area contributed by atoms with Gasteiger partial charge in [-0.1, -0.05) is 0 Å². The van der Waals surface area contributed by atoms with Gasteiger partial charge in [-0.05, 0) is 0 Å². The van der Waals surface area contributed by atoms with E-state index in [1.165, 1.54) is 6.07 Å². The fraction of sp³-hybridized carbons (Fsp3) is 0.222. The molecule has 13 heteroatoms. The first-order chi connectivity index (χ1) is 9.90. The summed E-state index contributed by atoms with van der Waals surface area (Å²) in [6, 6.07) is 2.29. The lowest BCUT2D eigenvalue weighted by Gasteiger charge is -2.09. The summed E-state index contributed by atoms with van der Waals surface area (Å²) in [5.41, 5.74) is -10.0. The van der Waals surface area contributed by atoms with Crippen molar-refractivity contribution in [2.75, 3.05) is 0 Å². The molecule has 1 aromatic carbocycles. The number of benzene rings is 1. The Kier molecular flexibility index (Phi) is 4.37. The average Bonchev–Trinajstić information content (AvgIpc) is 2.36. The van der Waals surface area contributed by atoms with Gasteiger partial charge in [0.2, 0.25) is 0 Å². The van der Waals surface area contributed by atoms with Crippen LogP contribution < -0.4 is 0 Å². The van der Waals surface area contributed by atoms with E-state index >= 15 is 0 Å². The van der Waals surface area contributed by atoms with E-state index in [-0.39, 0.29) is 0 Å². The lowest BCUT2D eigenvalue weighted by Crippen LogP contribution is -2.25. The zero-order chi connectivity index (χ0) is 17.3. The molecule has 22 heavy (non-hydrogen) atoms. The number of nitro benzene ring substituents is 2. The highest BCUT2D eigenvalue weighted by Gasteiger charge is 2.47. The molecule has 1 aromatic rings. The number of nitriles is 1. The number of halogens is 3. The largest absolute Gasteiger partial charge is 0.497 e. The molecule has 0 unspecified atom stereocenters. The van der Waals surface area contributed by atoms with E-state index in [2.05, 4.69) is 0 Å². The quantitative estimate of drug-likeness (QED) is 0.600. The first-order valence-corrected chi connectivity index (χ1v) is 6.70. The molecule has 0 aliphatic carbocycles. The Labute approximate surface area is 119 Å². The summed E-state index contributed by atoms with van der Waals surface area (Å²) < 4.78 is 59.2. The second-order valence-electron chi connectivity index (χ2n) is 3.82. The number of rotatable bonds is 4. The molecular formula is C9H4F3N3O6S. The van der Waals surface area contributed by atoms with Crippen molar-refractivity contribution in [2.24, 2.45) is 0 Å². The van der Waals surface area contributed by atoms with Crippen LogP contribution in [0.2, 0.25) is 0 Å². The fourth-order valence-corrected chi connectivity index (χ4v) is 2.29. The maximum atomic E-state index is 12.4. The monoisotopic (exact) mass is 339 g/mol. The van der Waals surface area contributed by atoms with Crippen LogP contribution in [0.5, 0.6) is 0 Å². The third kappa shape index (κ3) is 3.28. The maximum absolute atomic E-state index is 12.4. The van der Waals surface area contributed by atoms with Gasteiger partial charge in [0, 0.05) is 12.1 Å². The molecule has 0 aliphatic heterocycles. The highest BCUT2D eigenvalue weighted by molar-refractivity contribution is 7.91. The van der Waals surface area contributed by atoms with Gasteiger partial charge in [-0.2, -0.15) is 18.4 Å². The van der Waals surface area contributed by atoms with Gasteiger partial charge < -0.3 is 0 Å². The maximum Gasteiger partial charge on any atom is 0.497 e. The van der Waals surface area contributed by atoms with Crippen molar-refractivity contribution in [2.45, 2.75) is 11.3 Å². The molecule has 0 spiro atoms. The molecule has 0 fully saturated rings. The number of sulfone groups is 1. The summed E-state index contributed by atoms with van der Waals surface area (Å²) in [5, 5.41) is 30.2. The van der Waals surface area contributed by atoms with Crippen LogP contribution in [-0.2, 0) is 15.6 Å². The molecule has 0 saturated heterocycles. The molecule has 118 valence electrons. The van der Waals surface area contributed by atoms with Crippen LogP contribution in [0.3, 0.4) is 0 Å². The van der Waals surface area contributed by atoms with Crippen molar-refractivity contribution in [3.05, 3.63) is 43.5 Å². The van der Waals surface area contributed by atoms with Gasteiger partial charge >= 0.3 is 5.51 Å². The standard InChI is InChI=1S/C9H4F3N3O6S/c10-9(11,12)22(20,21)4-6-7(14(16)17)1-5(3-13)2-8(6)15(18)19/h1-2H,4H2. The molecular weight excluding hydrogens is 335 g/mol. The second kappa shape index (κ2) is 5.56. The highest BCUT2D eigenvalue weighted by Crippen LogP contribution is 2.35. The molecule has 0 bridgehead atoms. The smallest absolute Gasteiger partial charge is 0.258 e. The minimum atomic E-state index is -5.87. The fourth-order valence-electron chi connectivity index (χ4n) is 1.45. The summed E-state index contributed by atoms with van der Waals surface area (Å²) in [5.74, 6) is -1.98. The molecule has 0 saturated carbocycles. The van der Waals surface area contributed by atoms with E-state index in [1.54, 1.807) is 0 Å². The average molecular weight is 339 g/mol. The Bertz CT molecular complexity index is 761. The van der Waals surface area contributed by atoms with Gasteiger partial charge in [-0.25, -0.2) is 8.42 Å². The zero-order valence-corrected chi connectivity index (χ0v) is 11.0. The zero-order valence-electron chi connectivity index (χ0n) is 10.2. The van der Waals surface area contributed by atoms with E-state index in [0.29, 0.717) is 12.1 Å². The molecule has 0 N–H and O–H groups in total. The van der Waals surface area contributed by atoms with E-state index in [9.17, 15) is 41.8 Å². The molecule has 0 aliphatic rings. The van der Waals surface area contributed by atoms with Gasteiger partial charge in [-0.3, -0.25) is 20.2 Å². The summed E-state index contributed by atoms with van der Waals surface area (Å²) >= 11 is 0. The summed E-state index contributed by atoms with van der Waals surface area (Å²) in [4.78, 5) is 19.0. The summed E-state index contributed by atoms with van der Waals surface area (Å²) in [7, 11) is -5.87.